The molecule has 5 rings (SSSR count). The number of nitrogens with zero attached hydrogens (tertiary/aromatic N) is 3. The van der Waals surface area contributed by atoms with Crippen molar-refractivity contribution >= 4 is 17.2 Å². The molecule has 154 valence electrons. The number of methoxy groups -OCH3 is 1. The van der Waals surface area contributed by atoms with Crippen molar-refractivity contribution in [2.45, 2.75) is 6.04 Å². The minimum Gasteiger partial charge on any atom is -0.496 e. The van der Waals surface area contributed by atoms with Gasteiger partial charge in [-0.25, -0.2) is 4.39 Å². The Bertz CT molecular complexity index is 1040. The number of anilines is 1. The van der Waals surface area contributed by atoms with E-state index in [0.29, 0.717) is 17.1 Å². The molecule has 0 saturated carbocycles. The van der Waals surface area contributed by atoms with Crippen LogP contribution in [0.25, 0.3) is 0 Å². The van der Waals surface area contributed by atoms with Gasteiger partial charge in [-0.2, -0.15) is 5.10 Å². The summed E-state index contributed by atoms with van der Waals surface area (Å²) in [6.07, 6.45) is 1.78. The summed E-state index contributed by atoms with van der Waals surface area (Å²) in [5.41, 5.74) is 7.18. The fourth-order valence-corrected chi connectivity index (χ4v) is 3.98. The zero-order chi connectivity index (χ0) is 20.5. The van der Waals surface area contributed by atoms with E-state index >= 15 is 0 Å². The molecule has 1 saturated heterocycles. The number of hydrogen-bond acceptors (Lipinski definition) is 7. The van der Waals surface area contributed by atoms with Gasteiger partial charge in [0.05, 0.1) is 24.1 Å². The quantitative estimate of drug-likeness (QED) is 0.722. The van der Waals surface area contributed by atoms with Crippen LogP contribution in [0.3, 0.4) is 0 Å². The Hall–Kier alpha value is -3.39. The van der Waals surface area contributed by atoms with E-state index in [1.165, 1.54) is 18.9 Å². The van der Waals surface area contributed by atoms with Gasteiger partial charge in [-0.15, -0.1) is 0 Å². The average Bonchev–Trinajstić information content (AvgIpc) is 3.23. The van der Waals surface area contributed by atoms with Crippen LogP contribution in [0, 0.1) is 5.82 Å². The van der Waals surface area contributed by atoms with Crippen LogP contribution < -0.4 is 25.7 Å². The van der Waals surface area contributed by atoms with Crippen molar-refractivity contribution in [3.05, 3.63) is 71.3 Å². The highest BCUT2D eigenvalue weighted by atomic mass is 19.1. The highest BCUT2D eigenvalue weighted by molar-refractivity contribution is 6.11. The minimum atomic E-state index is -0.387. The second-order valence-electron chi connectivity index (χ2n) is 7.33. The first-order valence-electron chi connectivity index (χ1n) is 10.0. The summed E-state index contributed by atoms with van der Waals surface area (Å²) in [5.74, 6) is 0.470. The number of piperazine rings is 1. The number of nitrogens with one attached hydrogen (secondary N) is 3. The Morgan fingerprint density at radius 2 is 1.90 bits per heavy atom. The van der Waals surface area contributed by atoms with Crippen molar-refractivity contribution in [3.8, 4) is 5.75 Å². The van der Waals surface area contributed by atoms with Crippen molar-refractivity contribution in [1.82, 2.24) is 16.1 Å². The number of benzene rings is 2. The van der Waals surface area contributed by atoms with Crippen LogP contribution in [0.4, 0.5) is 10.1 Å². The van der Waals surface area contributed by atoms with Crippen LogP contribution in [0.2, 0.25) is 0 Å². The van der Waals surface area contributed by atoms with Gasteiger partial charge in [-0.3, -0.25) is 10.4 Å². The number of rotatable bonds is 4. The monoisotopic (exact) mass is 406 g/mol. The van der Waals surface area contributed by atoms with E-state index in [9.17, 15) is 4.39 Å². The summed E-state index contributed by atoms with van der Waals surface area (Å²) >= 11 is 0. The number of fused-ring (bicyclic) bond motifs is 1. The van der Waals surface area contributed by atoms with Gasteiger partial charge in [-0.1, -0.05) is 18.2 Å². The predicted molar refractivity (Wildman–Crippen MR) is 116 cm³/mol. The van der Waals surface area contributed by atoms with Gasteiger partial charge in [0.15, 0.2) is 0 Å². The topological polar surface area (TPSA) is 73.3 Å². The molecule has 1 fully saturated rings. The van der Waals surface area contributed by atoms with Gasteiger partial charge < -0.3 is 20.3 Å². The maximum atomic E-state index is 14.5. The lowest BCUT2D eigenvalue weighted by Crippen LogP contribution is -2.43. The van der Waals surface area contributed by atoms with E-state index in [0.717, 1.165) is 43.2 Å². The summed E-state index contributed by atoms with van der Waals surface area (Å²) < 4.78 is 19.9. The highest BCUT2D eigenvalue weighted by Gasteiger charge is 2.31. The van der Waals surface area contributed by atoms with E-state index in [4.69, 9.17) is 9.73 Å². The Kier molecular flexibility index (Phi) is 4.84. The second-order valence-corrected chi connectivity index (χ2v) is 7.33. The fraction of sp³-hybridized carbons (Fsp3) is 0.273. The number of amidine groups is 1. The van der Waals surface area contributed by atoms with Gasteiger partial charge >= 0.3 is 0 Å². The third-order valence-corrected chi connectivity index (χ3v) is 5.56. The molecule has 0 bridgehead atoms. The highest BCUT2D eigenvalue weighted by Crippen LogP contribution is 2.27. The lowest BCUT2D eigenvalue weighted by atomic mass is 10.0. The fourth-order valence-electron chi connectivity index (χ4n) is 3.98. The van der Waals surface area contributed by atoms with Crippen LogP contribution in [0.15, 0.2) is 64.5 Å². The first kappa shape index (κ1) is 18.6. The molecule has 0 spiro atoms. The largest absolute Gasteiger partial charge is 0.496 e. The summed E-state index contributed by atoms with van der Waals surface area (Å²) in [5, 5.41) is 10.9. The summed E-state index contributed by atoms with van der Waals surface area (Å²) in [6, 6.07) is 12.8. The molecule has 8 heteroatoms. The first-order chi connectivity index (χ1) is 14.7. The molecule has 2 aromatic rings. The van der Waals surface area contributed by atoms with Gasteiger partial charge in [0, 0.05) is 43.6 Å². The Morgan fingerprint density at radius 1 is 1.10 bits per heavy atom. The van der Waals surface area contributed by atoms with E-state index in [1.807, 2.05) is 0 Å². The molecule has 0 radical (unpaired) electrons. The van der Waals surface area contributed by atoms with Gasteiger partial charge in [-0.05, 0) is 24.3 Å². The Labute approximate surface area is 174 Å². The van der Waals surface area contributed by atoms with Crippen molar-refractivity contribution in [2.75, 3.05) is 38.2 Å². The van der Waals surface area contributed by atoms with E-state index in [1.54, 1.807) is 18.3 Å². The number of aliphatic imine (C=N–C) groups is 1. The smallest absolute Gasteiger partial charge is 0.140 e. The molecule has 3 heterocycles. The van der Waals surface area contributed by atoms with Crippen molar-refractivity contribution in [3.63, 3.8) is 0 Å². The van der Waals surface area contributed by atoms with Crippen LogP contribution in [0.1, 0.15) is 11.1 Å². The summed E-state index contributed by atoms with van der Waals surface area (Å²) in [7, 11) is 1.52. The maximum absolute atomic E-state index is 14.5. The molecule has 0 amide bonds. The van der Waals surface area contributed by atoms with Gasteiger partial charge in [0.25, 0.3) is 0 Å². The van der Waals surface area contributed by atoms with Crippen molar-refractivity contribution in [1.29, 1.82) is 0 Å². The standard InChI is InChI=1S/C22H23FN6O/c1-30-18-4-2-3-16(23)19(18)22-25-13-17-21(26-22)20(28-27-17)14-5-7-15(8-6-14)29-11-9-24-10-12-29/h2-8,13,21,24,27H,9-12H2,1H3,(H,25,26). The zero-order valence-corrected chi connectivity index (χ0v) is 16.7. The lowest BCUT2D eigenvalue weighted by molar-refractivity contribution is 0.410. The lowest BCUT2D eigenvalue weighted by Gasteiger charge is -2.29. The molecule has 30 heavy (non-hydrogen) atoms. The minimum absolute atomic E-state index is 0.315. The molecule has 3 aliphatic rings. The molecule has 0 aliphatic carbocycles. The normalized spacial score (nSPS) is 20.4. The number of ether oxygens (including phenoxy) is 1. The molecule has 7 nitrogen and oxygen atoms in total. The van der Waals surface area contributed by atoms with Crippen LogP contribution >= 0.6 is 0 Å². The number of halogens is 1. The molecule has 2 aromatic carbocycles. The summed E-state index contributed by atoms with van der Waals surface area (Å²) in [4.78, 5) is 7.13. The Morgan fingerprint density at radius 3 is 2.67 bits per heavy atom. The third-order valence-electron chi connectivity index (χ3n) is 5.56. The van der Waals surface area contributed by atoms with E-state index in [-0.39, 0.29) is 11.9 Å². The number of hydrazone groups is 1. The van der Waals surface area contributed by atoms with E-state index in [2.05, 4.69) is 50.3 Å². The summed E-state index contributed by atoms with van der Waals surface area (Å²) in [6.45, 7) is 4.00. The van der Waals surface area contributed by atoms with Crippen LogP contribution in [-0.4, -0.2) is 50.9 Å². The van der Waals surface area contributed by atoms with Gasteiger partial charge in [0.2, 0.25) is 0 Å². The average molecular weight is 406 g/mol. The molecule has 3 N–H and O–H groups in total. The molecule has 1 unspecified atom stereocenters. The van der Waals surface area contributed by atoms with Crippen LogP contribution in [0.5, 0.6) is 5.75 Å². The van der Waals surface area contributed by atoms with Crippen LogP contribution in [-0.2, 0) is 0 Å². The van der Waals surface area contributed by atoms with Crippen molar-refractivity contribution in [2.24, 2.45) is 10.1 Å². The molecule has 3 aliphatic heterocycles. The first-order valence-corrected chi connectivity index (χ1v) is 10.0. The maximum Gasteiger partial charge on any atom is 0.140 e. The van der Waals surface area contributed by atoms with Gasteiger partial charge in [0.1, 0.15) is 23.4 Å². The predicted octanol–water partition coefficient (Wildman–Crippen LogP) is 1.81. The Balaban J connectivity index is 1.43. The molecule has 0 aromatic heterocycles. The third kappa shape index (κ3) is 3.29. The second kappa shape index (κ2) is 7.79. The number of hydrogen-bond donors (Lipinski definition) is 3. The SMILES string of the molecule is COc1cccc(F)c1C1=NC2C(=CN1)NN=C2c1ccc(N2CCNCC2)cc1. The van der Waals surface area contributed by atoms with Crippen molar-refractivity contribution < 1.29 is 9.13 Å². The molecule has 1 atom stereocenters. The molecular weight excluding hydrogens is 383 g/mol. The zero-order valence-electron chi connectivity index (χ0n) is 16.7. The molecular formula is C22H23FN6O. The van der Waals surface area contributed by atoms with E-state index < -0.39 is 0 Å².